The molecular weight excluding hydrogens is 406 g/mol. The molecule has 1 amide bonds. The zero-order valence-corrected chi connectivity index (χ0v) is 18.8. The van der Waals surface area contributed by atoms with Gasteiger partial charge in [-0.2, -0.15) is 0 Å². The average Bonchev–Trinajstić information content (AvgIpc) is 3.10. The summed E-state index contributed by atoms with van der Waals surface area (Å²) in [5, 5.41) is 0.530. The van der Waals surface area contributed by atoms with E-state index in [0.717, 1.165) is 62.7 Å². The Kier molecular flexibility index (Phi) is 5.98. The van der Waals surface area contributed by atoms with Crippen LogP contribution >= 0.6 is 11.8 Å². The van der Waals surface area contributed by atoms with Crippen molar-refractivity contribution in [3.63, 3.8) is 0 Å². The number of amides is 1. The van der Waals surface area contributed by atoms with Crippen LogP contribution in [0.3, 0.4) is 0 Å². The summed E-state index contributed by atoms with van der Waals surface area (Å²) in [6.07, 6.45) is 5.18. The summed E-state index contributed by atoms with van der Waals surface area (Å²) in [6.45, 7) is 8.16. The standard InChI is InChI=1S/C24H29N5OS/c1-19-9-11-29(21-6-2-3-7-22(21)31-19)24(30)18-27-14-12-26(13-15-27)16-20-17-28-10-5-4-8-23(28)25-20/h2-8,10,17,19H,9,11-16,18H2,1H3. The molecule has 2 aromatic heterocycles. The third-order valence-electron chi connectivity index (χ3n) is 6.17. The van der Waals surface area contributed by atoms with Gasteiger partial charge >= 0.3 is 0 Å². The van der Waals surface area contributed by atoms with Gasteiger partial charge in [-0.15, -0.1) is 11.8 Å². The lowest BCUT2D eigenvalue weighted by Gasteiger charge is -2.35. The van der Waals surface area contributed by atoms with E-state index in [1.807, 2.05) is 47.1 Å². The molecule has 0 N–H and O–H groups in total. The number of aromatic nitrogens is 2. The fourth-order valence-corrected chi connectivity index (χ4v) is 5.53. The molecule has 1 atom stereocenters. The number of para-hydroxylation sites is 1. The fourth-order valence-electron chi connectivity index (χ4n) is 4.42. The number of nitrogens with zero attached hydrogens (tertiary/aromatic N) is 5. The van der Waals surface area contributed by atoms with Gasteiger partial charge in [-0.05, 0) is 30.7 Å². The highest BCUT2D eigenvalue weighted by Gasteiger charge is 2.26. The van der Waals surface area contributed by atoms with Crippen LogP contribution in [0, 0.1) is 0 Å². The lowest BCUT2D eigenvalue weighted by Crippen LogP contribution is -2.50. The lowest BCUT2D eigenvalue weighted by atomic mass is 10.2. The number of anilines is 1. The maximum atomic E-state index is 13.2. The Morgan fingerprint density at radius 1 is 1.03 bits per heavy atom. The number of hydrogen-bond acceptors (Lipinski definition) is 5. The van der Waals surface area contributed by atoms with Crippen LogP contribution in [0.25, 0.3) is 5.65 Å². The number of pyridine rings is 1. The first-order chi connectivity index (χ1) is 15.2. The second-order valence-corrected chi connectivity index (χ2v) is 9.96. The van der Waals surface area contributed by atoms with Crippen LogP contribution in [0.2, 0.25) is 0 Å². The third-order valence-corrected chi connectivity index (χ3v) is 7.40. The molecule has 4 heterocycles. The van der Waals surface area contributed by atoms with E-state index in [2.05, 4.69) is 45.5 Å². The van der Waals surface area contributed by atoms with Crippen LogP contribution in [0.4, 0.5) is 5.69 Å². The third kappa shape index (κ3) is 4.63. The maximum absolute atomic E-state index is 13.2. The number of carbonyl (C=O) groups excluding carboxylic acids is 1. The largest absolute Gasteiger partial charge is 0.310 e. The van der Waals surface area contributed by atoms with Crippen molar-refractivity contribution in [2.75, 3.05) is 44.2 Å². The molecule has 0 saturated carbocycles. The molecule has 3 aromatic rings. The highest BCUT2D eigenvalue weighted by Crippen LogP contribution is 2.37. The fraction of sp³-hybridized carbons (Fsp3) is 0.417. The molecule has 7 heteroatoms. The maximum Gasteiger partial charge on any atom is 0.241 e. The number of hydrogen-bond donors (Lipinski definition) is 0. The van der Waals surface area contributed by atoms with E-state index in [9.17, 15) is 4.79 Å². The van der Waals surface area contributed by atoms with E-state index in [1.54, 1.807) is 0 Å². The van der Waals surface area contributed by atoms with Crippen molar-refractivity contribution < 1.29 is 4.79 Å². The monoisotopic (exact) mass is 435 g/mol. The zero-order chi connectivity index (χ0) is 21.2. The Bertz CT molecular complexity index is 1030. The molecule has 0 aliphatic carbocycles. The van der Waals surface area contributed by atoms with Crippen LogP contribution < -0.4 is 4.90 Å². The van der Waals surface area contributed by atoms with Gasteiger partial charge < -0.3 is 9.30 Å². The van der Waals surface area contributed by atoms with Gasteiger partial charge in [0.15, 0.2) is 0 Å². The predicted molar refractivity (Wildman–Crippen MR) is 126 cm³/mol. The van der Waals surface area contributed by atoms with E-state index >= 15 is 0 Å². The van der Waals surface area contributed by atoms with Crippen LogP contribution in [-0.2, 0) is 11.3 Å². The van der Waals surface area contributed by atoms with Gasteiger partial charge in [0.25, 0.3) is 0 Å². The average molecular weight is 436 g/mol. The smallest absolute Gasteiger partial charge is 0.241 e. The highest BCUT2D eigenvalue weighted by atomic mass is 32.2. The molecule has 31 heavy (non-hydrogen) atoms. The quantitative estimate of drug-likeness (QED) is 0.629. The van der Waals surface area contributed by atoms with E-state index < -0.39 is 0 Å². The van der Waals surface area contributed by atoms with Gasteiger partial charge in [0, 0.05) is 61.8 Å². The Hall–Kier alpha value is -2.35. The first kappa shape index (κ1) is 20.5. The molecule has 6 nitrogen and oxygen atoms in total. The van der Waals surface area contributed by atoms with Crippen molar-refractivity contribution in [1.82, 2.24) is 19.2 Å². The Morgan fingerprint density at radius 3 is 2.65 bits per heavy atom. The molecule has 1 fully saturated rings. The van der Waals surface area contributed by atoms with Gasteiger partial charge in [-0.3, -0.25) is 14.6 Å². The molecular formula is C24H29N5OS. The molecule has 1 unspecified atom stereocenters. The van der Waals surface area contributed by atoms with Crippen LogP contribution in [0.1, 0.15) is 19.0 Å². The van der Waals surface area contributed by atoms with Crippen LogP contribution in [-0.4, -0.2) is 69.6 Å². The zero-order valence-electron chi connectivity index (χ0n) is 18.0. The number of thioether (sulfide) groups is 1. The van der Waals surface area contributed by atoms with E-state index in [4.69, 9.17) is 4.98 Å². The molecule has 162 valence electrons. The van der Waals surface area contributed by atoms with E-state index in [0.29, 0.717) is 11.8 Å². The first-order valence-corrected chi connectivity index (χ1v) is 12.0. The normalized spacial score (nSPS) is 20.5. The second-order valence-electron chi connectivity index (χ2n) is 8.48. The second kappa shape index (κ2) is 9.02. The van der Waals surface area contributed by atoms with Gasteiger partial charge in [0.2, 0.25) is 5.91 Å². The lowest BCUT2D eigenvalue weighted by molar-refractivity contribution is -0.120. The minimum Gasteiger partial charge on any atom is -0.310 e. The number of benzene rings is 1. The molecule has 1 saturated heterocycles. The Balaban J connectivity index is 1.17. The van der Waals surface area contributed by atoms with E-state index in [1.165, 1.54) is 4.90 Å². The minimum absolute atomic E-state index is 0.218. The Morgan fingerprint density at radius 2 is 1.81 bits per heavy atom. The van der Waals surface area contributed by atoms with Crippen molar-refractivity contribution in [2.24, 2.45) is 0 Å². The Labute approximate surface area is 187 Å². The number of piperazine rings is 1. The summed E-state index contributed by atoms with van der Waals surface area (Å²) in [6, 6.07) is 14.4. The summed E-state index contributed by atoms with van der Waals surface area (Å²) < 4.78 is 2.07. The molecule has 1 aromatic carbocycles. The number of carbonyl (C=O) groups is 1. The van der Waals surface area contributed by atoms with Crippen molar-refractivity contribution in [3.05, 3.63) is 60.6 Å². The van der Waals surface area contributed by atoms with Crippen LogP contribution in [0.5, 0.6) is 0 Å². The molecule has 5 rings (SSSR count). The van der Waals surface area contributed by atoms with Crippen molar-refractivity contribution in [2.45, 2.75) is 30.0 Å². The summed E-state index contributed by atoms with van der Waals surface area (Å²) in [7, 11) is 0. The SMILES string of the molecule is CC1CCN(C(=O)CN2CCN(Cc3cn4ccccc4n3)CC2)c2ccccc2S1. The molecule has 0 bridgehead atoms. The van der Waals surface area contributed by atoms with Crippen molar-refractivity contribution in [1.29, 1.82) is 0 Å². The summed E-state index contributed by atoms with van der Waals surface area (Å²) in [5.74, 6) is 0.218. The number of rotatable bonds is 4. The molecule has 0 spiro atoms. The van der Waals surface area contributed by atoms with E-state index in [-0.39, 0.29) is 5.91 Å². The number of fused-ring (bicyclic) bond motifs is 2. The van der Waals surface area contributed by atoms with Crippen molar-refractivity contribution in [3.8, 4) is 0 Å². The topological polar surface area (TPSA) is 44.1 Å². The van der Waals surface area contributed by atoms with Gasteiger partial charge in [-0.25, -0.2) is 4.98 Å². The first-order valence-electron chi connectivity index (χ1n) is 11.1. The summed E-state index contributed by atoms with van der Waals surface area (Å²) >= 11 is 1.88. The van der Waals surface area contributed by atoms with Gasteiger partial charge in [-0.1, -0.05) is 25.1 Å². The molecule has 0 radical (unpaired) electrons. The van der Waals surface area contributed by atoms with Crippen LogP contribution in [0.15, 0.2) is 59.8 Å². The highest BCUT2D eigenvalue weighted by molar-refractivity contribution is 8.00. The predicted octanol–water partition coefficient (Wildman–Crippen LogP) is 3.37. The summed E-state index contributed by atoms with van der Waals surface area (Å²) in [5.41, 5.74) is 3.17. The van der Waals surface area contributed by atoms with Gasteiger partial charge in [0.1, 0.15) is 5.65 Å². The molecule has 2 aliphatic heterocycles. The molecule has 2 aliphatic rings. The number of imidazole rings is 1. The van der Waals surface area contributed by atoms with Gasteiger partial charge in [0.05, 0.1) is 17.9 Å². The van der Waals surface area contributed by atoms with Crippen molar-refractivity contribution >= 4 is 29.0 Å². The summed E-state index contributed by atoms with van der Waals surface area (Å²) in [4.78, 5) is 25.9. The minimum atomic E-state index is 0.218.